The topological polar surface area (TPSA) is 119 Å². The van der Waals surface area contributed by atoms with Gasteiger partial charge < -0.3 is 33.3 Å². The van der Waals surface area contributed by atoms with Gasteiger partial charge in [0.15, 0.2) is 0 Å². The third-order valence-corrected chi connectivity index (χ3v) is 8.35. The van der Waals surface area contributed by atoms with Gasteiger partial charge in [-0.3, -0.25) is 14.2 Å². The number of hydrogen-bond acceptors (Lipinski definition) is 9. The molecule has 1 aliphatic heterocycles. The van der Waals surface area contributed by atoms with Gasteiger partial charge in [0.1, 0.15) is 24.9 Å². The monoisotopic (exact) mass is 577 g/mol. The van der Waals surface area contributed by atoms with E-state index in [2.05, 4.69) is 5.32 Å². The molecule has 1 fully saturated rings. The van der Waals surface area contributed by atoms with Gasteiger partial charge >= 0.3 is 13.6 Å². The van der Waals surface area contributed by atoms with Gasteiger partial charge in [0.05, 0.1) is 44.7 Å². The Hall–Kier alpha value is -2.59. The van der Waals surface area contributed by atoms with Crippen molar-refractivity contribution < 1.29 is 42.1 Å². The maximum atomic E-state index is 13.6. The summed E-state index contributed by atoms with van der Waals surface area (Å²) in [6.45, 7) is 6.80. The second-order valence-electron chi connectivity index (χ2n) is 9.39. The third-order valence-electron chi connectivity index (χ3n) is 6.24. The molecule has 11 heteroatoms. The van der Waals surface area contributed by atoms with Gasteiger partial charge in [-0.2, -0.15) is 0 Å². The molecule has 40 heavy (non-hydrogen) atoms. The smallest absolute Gasteiger partial charge is 0.333 e. The molecule has 1 amide bonds. The third kappa shape index (κ3) is 9.80. The number of hydrogen-bond donors (Lipinski definition) is 1. The summed E-state index contributed by atoms with van der Waals surface area (Å²) in [4.78, 5) is 24.2. The average Bonchev–Trinajstić information content (AvgIpc) is 2.92. The molecule has 2 aromatic rings. The van der Waals surface area contributed by atoms with Gasteiger partial charge in [-0.15, -0.1) is 0 Å². The highest BCUT2D eigenvalue weighted by Crippen LogP contribution is 2.50. The van der Waals surface area contributed by atoms with Gasteiger partial charge in [0.2, 0.25) is 5.91 Å². The van der Waals surface area contributed by atoms with Crippen molar-refractivity contribution in [1.29, 1.82) is 0 Å². The number of rotatable bonds is 15. The highest BCUT2D eigenvalue weighted by Gasteiger charge is 2.50. The van der Waals surface area contributed by atoms with Gasteiger partial charge in [-0.25, -0.2) is 0 Å². The van der Waals surface area contributed by atoms with Crippen LogP contribution in [0.5, 0.6) is 0 Å². The van der Waals surface area contributed by atoms with Crippen LogP contribution in [0.25, 0.3) is 0 Å². The predicted molar refractivity (Wildman–Crippen MR) is 149 cm³/mol. The predicted octanol–water partition coefficient (Wildman–Crippen LogP) is 4.26. The zero-order valence-electron chi connectivity index (χ0n) is 23.5. The first-order valence-electron chi connectivity index (χ1n) is 13.5. The summed E-state index contributed by atoms with van der Waals surface area (Å²) in [5.41, 5.74) is 1.84. The van der Waals surface area contributed by atoms with E-state index in [1.54, 1.807) is 13.8 Å². The van der Waals surface area contributed by atoms with Crippen molar-refractivity contribution in [1.82, 2.24) is 5.32 Å². The summed E-state index contributed by atoms with van der Waals surface area (Å²) >= 11 is 0. The van der Waals surface area contributed by atoms with E-state index in [1.165, 1.54) is 13.8 Å². The lowest BCUT2D eigenvalue weighted by Crippen LogP contribution is -2.66. The Kier molecular flexibility index (Phi) is 12.8. The summed E-state index contributed by atoms with van der Waals surface area (Å²) < 4.78 is 49.2. The molecule has 220 valence electrons. The van der Waals surface area contributed by atoms with E-state index in [1.807, 2.05) is 60.7 Å². The van der Waals surface area contributed by atoms with Crippen LogP contribution in [0, 0.1) is 0 Å². The van der Waals surface area contributed by atoms with E-state index in [9.17, 15) is 14.2 Å². The molecule has 3 rings (SSSR count). The molecular formula is C29H40NO9P. The van der Waals surface area contributed by atoms with Crippen molar-refractivity contribution in [3.63, 3.8) is 0 Å². The van der Waals surface area contributed by atoms with E-state index in [0.717, 1.165) is 11.1 Å². The van der Waals surface area contributed by atoms with Crippen molar-refractivity contribution in [2.75, 3.05) is 26.0 Å². The standard InChI is InChI=1S/C29H40NO9P/c1-5-37-40(33,38-6-2)20-26-27(30-21(3)31)29(36-18-24-15-11-8-12-16-24)28(25(39-26)19-34-22(4)32)35-17-23-13-9-7-10-14-23/h7-16,25-29H,5-6,17-20H2,1-4H3,(H,30,31)/t25?,26-,27?,28-,29?/m1/s1. The van der Waals surface area contributed by atoms with Crippen molar-refractivity contribution in [2.24, 2.45) is 0 Å². The number of benzene rings is 2. The highest BCUT2D eigenvalue weighted by molar-refractivity contribution is 7.53. The fraction of sp³-hybridized carbons (Fsp3) is 0.517. The molecule has 1 N–H and O–H groups in total. The molecule has 10 nitrogen and oxygen atoms in total. The molecule has 1 aliphatic rings. The summed E-state index contributed by atoms with van der Waals surface area (Å²) in [5, 5.41) is 2.93. The van der Waals surface area contributed by atoms with Gasteiger partial charge in [-0.05, 0) is 25.0 Å². The Bertz CT molecular complexity index is 1090. The Morgan fingerprint density at radius 1 is 0.825 bits per heavy atom. The summed E-state index contributed by atoms with van der Waals surface area (Å²) in [6, 6.07) is 18.4. The van der Waals surface area contributed by atoms with Crippen LogP contribution >= 0.6 is 7.60 Å². The summed E-state index contributed by atoms with van der Waals surface area (Å²) in [5.74, 6) is -0.809. The molecule has 0 aliphatic carbocycles. The fourth-order valence-corrected chi connectivity index (χ4v) is 6.43. The van der Waals surface area contributed by atoms with Crippen LogP contribution in [0.1, 0.15) is 38.8 Å². The van der Waals surface area contributed by atoms with Crippen molar-refractivity contribution >= 4 is 19.5 Å². The van der Waals surface area contributed by atoms with E-state index in [4.69, 9.17) is 28.0 Å². The van der Waals surface area contributed by atoms with Crippen LogP contribution in [0.3, 0.4) is 0 Å². The maximum Gasteiger partial charge on any atom is 0.333 e. The van der Waals surface area contributed by atoms with Crippen LogP contribution in [0.2, 0.25) is 0 Å². The van der Waals surface area contributed by atoms with E-state index < -0.39 is 44.0 Å². The average molecular weight is 578 g/mol. The van der Waals surface area contributed by atoms with Gasteiger partial charge in [0, 0.05) is 13.8 Å². The van der Waals surface area contributed by atoms with Crippen LogP contribution in [-0.4, -0.2) is 68.3 Å². The van der Waals surface area contributed by atoms with Crippen LogP contribution in [-0.2, 0) is 55.4 Å². The Morgan fingerprint density at radius 2 is 1.35 bits per heavy atom. The largest absolute Gasteiger partial charge is 0.463 e. The molecule has 0 radical (unpaired) electrons. The minimum absolute atomic E-state index is 0.128. The van der Waals surface area contributed by atoms with Gasteiger partial charge in [0.25, 0.3) is 0 Å². The van der Waals surface area contributed by atoms with Crippen LogP contribution in [0.15, 0.2) is 60.7 Å². The number of nitrogens with one attached hydrogen (secondary N) is 1. The number of ether oxygens (including phenoxy) is 4. The molecule has 0 aromatic heterocycles. The SMILES string of the molecule is CCOP(=O)(C[C@H]1OC(COC(C)=O)[C@@H](OCc2ccccc2)C(OCc2ccccc2)C1NC(C)=O)OCC. The molecule has 0 spiro atoms. The molecule has 0 bridgehead atoms. The Morgan fingerprint density at radius 3 is 1.82 bits per heavy atom. The first-order chi connectivity index (χ1) is 19.2. The number of amides is 1. The highest BCUT2D eigenvalue weighted by atomic mass is 31.2. The number of carbonyl (C=O) groups excluding carboxylic acids is 2. The number of esters is 1. The summed E-state index contributed by atoms with van der Waals surface area (Å²) in [7, 11) is -3.60. The molecule has 1 saturated heterocycles. The molecule has 1 heterocycles. The maximum absolute atomic E-state index is 13.6. The lowest BCUT2D eigenvalue weighted by atomic mass is 9.92. The molecule has 5 atom stereocenters. The van der Waals surface area contributed by atoms with Crippen molar-refractivity contribution in [3.05, 3.63) is 71.8 Å². The molecule has 2 aromatic carbocycles. The first kappa shape index (κ1) is 31.9. The normalized spacial score (nSPS) is 22.9. The molecular weight excluding hydrogens is 537 g/mol. The summed E-state index contributed by atoms with van der Waals surface area (Å²) in [6.07, 6.45) is -3.31. The Labute approximate surface area is 236 Å². The van der Waals surface area contributed by atoms with E-state index in [-0.39, 0.29) is 45.1 Å². The van der Waals surface area contributed by atoms with Crippen LogP contribution < -0.4 is 5.32 Å². The lowest BCUT2D eigenvalue weighted by Gasteiger charge is -2.46. The second kappa shape index (κ2) is 16.0. The van der Waals surface area contributed by atoms with E-state index >= 15 is 0 Å². The van der Waals surface area contributed by atoms with Crippen molar-refractivity contribution in [3.8, 4) is 0 Å². The second-order valence-corrected chi connectivity index (χ2v) is 11.5. The van der Waals surface area contributed by atoms with E-state index in [0.29, 0.717) is 0 Å². The fourth-order valence-electron chi connectivity index (χ4n) is 4.60. The van der Waals surface area contributed by atoms with Crippen LogP contribution in [0.4, 0.5) is 0 Å². The minimum Gasteiger partial charge on any atom is -0.463 e. The minimum atomic E-state index is -3.60. The molecule has 3 unspecified atom stereocenters. The zero-order chi connectivity index (χ0) is 29.0. The van der Waals surface area contributed by atoms with Crippen molar-refractivity contribution in [2.45, 2.75) is 71.4 Å². The zero-order valence-corrected chi connectivity index (χ0v) is 24.4. The number of carbonyl (C=O) groups is 2. The van der Waals surface area contributed by atoms with Gasteiger partial charge in [-0.1, -0.05) is 60.7 Å². The quantitative estimate of drug-likeness (QED) is 0.245. The first-order valence-corrected chi connectivity index (χ1v) is 15.2. The molecule has 0 saturated carbocycles. The lowest BCUT2D eigenvalue weighted by molar-refractivity contribution is -0.227. The Balaban J connectivity index is 1.99.